The molecule has 1 aromatic carbocycles. The quantitative estimate of drug-likeness (QED) is 0.517. The van der Waals surface area contributed by atoms with Crippen molar-refractivity contribution >= 4 is 30.0 Å². The van der Waals surface area contributed by atoms with Gasteiger partial charge < -0.3 is 20.9 Å². The Morgan fingerprint density at radius 1 is 1.12 bits per heavy atom. The number of nitrogens with one attached hydrogen (secondary N) is 3. The number of halogens is 1. The van der Waals surface area contributed by atoms with Gasteiger partial charge in [-0.05, 0) is 18.1 Å². The predicted molar refractivity (Wildman–Crippen MR) is 101 cm³/mol. The Hall–Kier alpha value is -2.98. The number of nitrogen functional groups attached to an aromatic ring is 2. The second kappa shape index (κ2) is 7.93. The van der Waals surface area contributed by atoms with Crippen LogP contribution in [-0.4, -0.2) is 22.9 Å². The van der Waals surface area contributed by atoms with E-state index < -0.39 is 0 Å². The van der Waals surface area contributed by atoms with E-state index in [-0.39, 0.29) is 30.1 Å². The molecule has 2 aromatic rings. The van der Waals surface area contributed by atoms with Gasteiger partial charge in [0.25, 0.3) is 0 Å². The van der Waals surface area contributed by atoms with Gasteiger partial charge in [0.15, 0.2) is 17.4 Å². The van der Waals surface area contributed by atoms with Gasteiger partial charge in [0.2, 0.25) is 5.95 Å². The molecule has 0 unspecified atom stereocenters. The molecule has 10 nitrogen and oxygen atoms in total. The standard InChI is InChI=1S/C15H20N8O2.ClH/c1-7(2)8-4-10(24-3)9(14-20-22-23-21-14)5-11(8)25-12-6-18-15(17)19-13(12)16;/h4-7,22-23H,1-3H3,(H,20,21)(H4,16,17,18,19);1H. The summed E-state index contributed by atoms with van der Waals surface area (Å²) < 4.78 is 11.5. The molecule has 140 valence electrons. The van der Waals surface area contributed by atoms with Crippen LogP contribution in [0.5, 0.6) is 17.2 Å². The van der Waals surface area contributed by atoms with E-state index in [1.165, 1.54) is 6.20 Å². The van der Waals surface area contributed by atoms with E-state index in [1.54, 1.807) is 7.11 Å². The summed E-state index contributed by atoms with van der Waals surface area (Å²) in [7, 11) is 1.60. The predicted octanol–water partition coefficient (Wildman–Crippen LogP) is 1.26. The third kappa shape index (κ3) is 3.81. The number of nitrogens with zero attached hydrogens (tertiary/aromatic N) is 3. The van der Waals surface area contributed by atoms with E-state index in [0.717, 1.165) is 5.56 Å². The van der Waals surface area contributed by atoms with E-state index in [0.29, 0.717) is 28.6 Å². The number of methoxy groups -OCH3 is 1. The van der Waals surface area contributed by atoms with Crippen molar-refractivity contribution in [3.63, 3.8) is 0 Å². The van der Waals surface area contributed by atoms with Crippen LogP contribution in [0.2, 0.25) is 0 Å². The maximum Gasteiger partial charge on any atom is 0.222 e. The van der Waals surface area contributed by atoms with Gasteiger partial charge >= 0.3 is 0 Å². The number of ether oxygens (including phenoxy) is 2. The minimum absolute atomic E-state index is 0. The Labute approximate surface area is 156 Å². The number of rotatable bonds is 5. The molecule has 26 heavy (non-hydrogen) atoms. The first kappa shape index (κ1) is 19.3. The molecule has 3 rings (SSSR count). The molecule has 0 atom stereocenters. The van der Waals surface area contributed by atoms with Gasteiger partial charge in [0.05, 0.1) is 18.9 Å². The first-order chi connectivity index (χ1) is 12.0. The minimum atomic E-state index is 0. The molecular weight excluding hydrogens is 360 g/mol. The highest BCUT2D eigenvalue weighted by molar-refractivity contribution is 6.01. The highest BCUT2D eigenvalue weighted by Gasteiger charge is 2.20. The molecule has 1 aliphatic rings. The fourth-order valence-electron chi connectivity index (χ4n) is 2.39. The van der Waals surface area contributed by atoms with Crippen LogP contribution in [0.25, 0.3) is 0 Å². The molecule has 2 heterocycles. The second-order valence-electron chi connectivity index (χ2n) is 5.65. The van der Waals surface area contributed by atoms with Crippen LogP contribution in [0, 0.1) is 0 Å². The van der Waals surface area contributed by atoms with Gasteiger partial charge in [0, 0.05) is 5.56 Å². The summed E-state index contributed by atoms with van der Waals surface area (Å²) in [6, 6.07) is 3.73. The zero-order chi connectivity index (χ0) is 18.0. The van der Waals surface area contributed by atoms with Crippen LogP contribution in [-0.2, 0) is 0 Å². The van der Waals surface area contributed by atoms with Gasteiger partial charge in [-0.1, -0.05) is 13.8 Å². The summed E-state index contributed by atoms with van der Waals surface area (Å²) in [5.74, 6) is 2.59. The summed E-state index contributed by atoms with van der Waals surface area (Å²) in [5.41, 5.74) is 21.3. The van der Waals surface area contributed by atoms with Crippen molar-refractivity contribution in [2.24, 2.45) is 5.10 Å². The van der Waals surface area contributed by atoms with Crippen molar-refractivity contribution in [1.29, 1.82) is 0 Å². The van der Waals surface area contributed by atoms with E-state index >= 15 is 0 Å². The third-order valence-electron chi connectivity index (χ3n) is 3.63. The molecule has 1 aromatic heterocycles. The van der Waals surface area contributed by atoms with Crippen molar-refractivity contribution in [2.75, 3.05) is 18.6 Å². The fourth-order valence-corrected chi connectivity index (χ4v) is 2.39. The van der Waals surface area contributed by atoms with Crippen molar-refractivity contribution < 1.29 is 9.47 Å². The lowest BCUT2D eigenvalue weighted by atomic mass is 9.99. The van der Waals surface area contributed by atoms with E-state index in [2.05, 4.69) is 45.4 Å². The number of hydrazine groups is 2. The summed E-state index contributed by atoms with van der Waals surface area (Å²) in [6.07, 6.45) is 1.44. The number of anilines is 2. The van der Waals surface area contributed by atoms with E-state index in [1.807, 2.05) is 12.1 Å². The Balaban J connectivity index is 0.00000243. The third-order valence-corrected chi connectivity index (χ3v) is 3.63. The van der Waals surface area contributed by atoms with Gasteiger partial charge in [-0.15, -0.1) is 23.0 Å². The number of hydrogen-bond acceptors (Lipinski definition) is 10. The number of hydrazone groups is 1. The van der Waals surface area contributed by atoms with Crippen LogP contribution in [0.1, 0.15) is 30.9 Å². The molecular formula is C15H21ClN8O2. The summed E-state index contributed by atoms with van der Waals surface area (Å²) in [4.78, 5) is 7.84. The van der Waals surface area contributed by atoms with Gasteiger partial charge in [-0.2, -0.15) is 4.98 Å². The smallest absolute Gasteiger partial charge is 0.222 e. The van der Waals surface area contributed by atoms with Crippen LogP contribution < -0.4 is 37.4 Å². The number of benzene rings is 1. The number of nitrogens with two attached hydrogens (primary N) is 2. The molecule has 0 saturated carbocycles. The molecule has 0 saturated heterocycles. The zero-order valence-corrected chi connectivity index (χ0v) is 15.3. The normalized spacial score (nSPS) is 12.7. The topological polar surface area (TPSA) is 145 Å². The highest BCUT2D eigenvalue weighted by atomic mass is 35.5. The Kier molecular flexibility index (Phi) is 5.90. The molecule has 0 spiro atoms. The second-order valence-corrected chi connectivity index (χ2v) is 5.65. The van der Waals surface area contributed by atoms with Crippen molar-refractivity contribution in [3.05, 3.63) is 29.5 Å². The maximum atomic E-state index is 5.97. The molecule has 11 heteroatoms. The largest absolute Gasteiger partial charge is 0.496 e. The lowest BCUT2D eigenvalue weighted by Gasteiger charge is -2.18. The van der Waals surface area contributed by atoms with Gasteiger partial charge in [-0.25, -0.2) is 10.5 Å². The molecule has 0 fully saturated rings. The summed E-state index contributed by atoms with van der Waals surface area (Å²) >= 11 is 0. The molecule has 0 radical (unpaired) electrons. The lowest BCUT2D eigenvalue weighted by Crippen LogP contribution is -2.35. The number of hydrogen-bond donors (Lipinski definition) is 5. The van der Waals surface area contributed by atoms with Crippen molar-refractivity contribution in [3.8, 4) is 17.2 Å². The monoisotopic (exact) mass is 380 g/mol. The number of aromatic nitrogens is 2. The van der Waals surface area contributed by atoms with Crippen LogP contribution >= 0.6 is 12.4 Å². The summed E-state index contributed by atoms with van der Waals surface area (Å²) in [5, 5.41) is 4.11. The fraction of sp³-hybridized carbons (Fsp3) is 0.267. The molecule has 7 N–H and O–H groups in total. The van der Waals surface area contributed by atoms with Crippen LogP contribution in [0.15, 0.2) is 23.4 Å². The van der Waals surface area contributed by atoms with Crippen molar-refractivity contribution in [1.82, 2.24) is 26.5 Å². The SMILES string of the molecule is COc1cc(C(C)C)c(Oc2cnc(N)nc2N)cc1C1=NNNN1.Cl. The molecule has 0 aliphatic carbocycles. The summed E-state index contributed by atoms with van der Waals surface area (Å²) in [6.45, 7) is 4.11. The van der Waals surface area contributed by atoms with Gasteiger partial charge in [-0.3, -0.25) is 5.43 Å². The Morgan fingerprint density at radius 2 is 1.88 bits per heavy atom. The maximum absolute atomic E-state index is 5.97. The van der Waals surface area contributed by atoms with Crippen LogP contribution in [0.3, 0.4) is 0 Å². The first-order valence-electron chi connectivity index (χ1n) is 7.61. The highest BCUT2D eigenvalue weighted by Crippen LogP contribution is 2.37. The molecule has 0 bridgehead atoms. The van der Waals surface area contributed by atoms with Crippen molar-refractivity contribution in [2.45, 2.75) is 19.8 Å². The molecule has 0 amide bonds. The Bertz CT molecular complexity index is 828. The molecule has 1 aliphatic heterocycles. The average molecular weight is 381 g/mol. The Morgan fingerprint density at radius 3 is 2.46 bits per heavy atom. The lowest BCUT2D eigenvalue weighted by molar-refractivity contribution is 0.409. The average Bonchev–Trinajstić information content (AvgIpc) is 3.11. The van der Waals surface area contributed by atoms with E-state index in [4.69, 9.17) is 20.9 Å². The van der Waals surface area contributed by atoms with E-state index in [9.17, 15) is 0 Å². The van der Waals surface area contributed by atoms with Crippen LogP contribution in [0.4, 0.5) is 11.8 Å². The minimum Gasteiger partial charge on any atom is -0.496 e. The first-order valence-corrected chi connectivity index (χ1v) is 7.61. The van der Waals surface area contributed by atoms with Gasteiger partial charge in [0.1, 0.15) is 11.5 Å². The number of amidine groups is 1. The zero-order valence-electron chi connectivity index (χ0n) is 14.5.